The molecule has 0 radical (unpaired) electrons. The van der Waals surface area contributed by atoms with Gasteiger partial charge in [-0.15, -0.1) is 11.8 Å². The van der Waals surface area contributed by atoms with Crippen LogP contribution in [0.3, 0.4) is 0 Å². The van der Waals surface area contributed by atoms with Crippen LogP contribution in [0.4, 0.5) is 0 Å². The van der Waals surface area contributed by atoms with Gasteiger partial charge in [0.2, 0.25) is 5.91 Å². The maximum absolute atomic E-state index is 11.8. The Labute approximate surface area is 82.6 Å². The summed E-state index contributed by atoms with van der Waals surface area (Å²) in [5.74, 6) is 0.316. The van der Waals surface area contributed by atoms with E-state index < -0.39 is 0 Å². The molecule has 2 aliphatic rings. The molecule has 0 bridgehead atoms. The summed E-state index contributed by atoms with van der Waals surface area (Å²) in [7, 11) is 0. The average molecular weight is 198 g/mol. The predicted molar refractivity (Wildman–Crippen MR) is 54.6 cm³/mol. The van der Waals surface area contributed by atoms with Gasteiger partial charge in [0.25, 0.3) is 0 Å². The Morgan fingerprint density at radius 3 is 2.85 bits per heavy atom. The molecule has 0 aliphatic carbocycles. The first-order chi connectivity index (χ1) is 6.38. The summed E-state index contributed by atoms with van der Waals surface area (Å²) in [6.07, 6.45) is 2.99. The molecule has 1 saturated heterocycles. The van der Waals surface area contributed by atoms with Crippen LogP contribution < -0.4 is 5.32 Å². The molecule has 2 rings (SSSR count). The highest BCUT2D eigenvalue weighted by Gasteiger charge is 2.26. The van der Waals surface area contributed by atoms with Crippen molar-refractivity contribution in [2.24, 2.45) is 0 Å². The molecule has 1 N–H and O–H groups in total. The number of hydrogen-bond donors (Lipinski definition) is 1. The molecule has 3 nitrogen and oxygen atoms in total. The van der Waals surface area contributed by atoms with Gasteiger partial charge in [-0.25, -0.2) is 0 Å². The molecule has 2 aliphatic heterocycles. The van der Waals surface area contributed by atoms with Crippen LogP contribution in [0.5, 0.6) is 0 Å². The van der Waals surface area contributed by atoms with Crippen LogP contribution in [0.25, 0.3) is 0 Å². The zero-order chi connectivity index (χ0) is 9.10. The van der Waals surface area contributed by atoms with Crippen LogP contribution in [0, 0.1) is 0 Å². The number of nitrogens with zero attached hydrogens (tertiary/aromatic N) is 1. The molecule has 72 valence electrons. The van der Waals surface area contributed by atoms with Crippen LogP contribution in [-0.2, 0) is 4.79 Å². The molecule has 1 atom stereocenters. The lowest BCUT2D eigenvalue weighted by Crippen LogP contribution is -2.48. The zero-order valence-electron chi connectivity index (χ0n) is 7.53. The van der Waals surface area contributed by atoms with Crippen molar-refractivity contribution in [1.29, 1.82) is 0 Å². The molecule has 4 heteroatoms. The Bertz CT molecular complexity index is 216. The molecule has 1 unspecified atom stereocenters. The monoisotopic (exact) mass is 198 g/mol. The zero-order valence-corrected chi connectivity index (χ0v) is 8.35. The normalized spacial score (nSPS) is 28.0. The number of amides is 1. The summed E-state index contributed by atoms with van der Waals surface area (Å²) in [4.78, 5) is 13.8. The SMILES string of the molecule is O=C(C1CC=CS1)N1CCNCC1. The first-order valence-corrected chi connectivity index (χ1v) is 5.62. The Balaban J connectivity index is 1.88. The number of carbonyl (C=O) groups excluding carboxylic acids is 1. The third-order valence-electron chi connectivity index (χ3n) is 2.39. The highest BCUT2D eigenvalue weighted by atomic mass is 32.2. The third kappa shape index (κ3) is 2.06. The van der Waals surface area contributed by atoms with Gasteiger partial charge in [-0.1, -0.05) is 6.08 Å². The predicted octanol–water partition coefficient (Wildman–Crippen LogP) is 0.437. The maximum Gasteiger partial charge on any atom is 0.236 e. The van der Waals surface area contributed by atoms with Crippen molar-refractivity contribution in [3.05, 3.63) is 11.5 Å². The van der Waals surface area contributed by atoms with Gasteiger partial charge in [0.15, 0.2) is 0 Å². The van der Waals surface area contributed by atoms with Crippen molar-refractivity contribution in [1.82, 2.24) is 10.2 Å². The standard InChI is InChI=1S/C9H14N2OS/c12-9(8-2-1-7-13-8)11-5-3-10-4-6-11/h1,7-8,10H,2-6H2. The van der Waals surface area contributed by atoms with E-state index in [1.54, 1.807) is 11.8 Å². The van der Waals surface area contributed by atoms with E-state index in [0.717, 1.165) is 32.6 Å². The second-order valence-electron chi connectivity index (χ2n) is 3.31. The van der Waals surface area contributed by atoms with Crippen LogP contribution in [0.15, 0.2) is 11.5 Å². The van der Waals surface area contributed by atoms with Crippen molar-refractivity contribution in [2.45, 2.75) is 11.7 Å². The first-order valence-electron chi connectivity index (χ1n) is 4.68. The summed E-state index contributed by atoms with van der Waals surface area (Å²) in [6, 6.07) is 0. The van der Waals surface area contributed by atoms with E-state index in [0.29, 0.717) is 5.91 Å². The summed E-state index contributed by atoms with van der Waals surface area (Å²) in [6.45, 7) is 3.62. The first kappa shape index (κ1) is 9.09. The Hall–Kier alpha value is -0.480. The molecule has 0 saturated carbocycles. The lowest BCUT2D eigenvalue weighted by Gasteiger charge is -2.29. The molecule has 1 amide bonds. The van der Waals surface area contributed by atoms with E-state index in [1.807, 2.05) is 10.3 Å². The van der Waals surface area contributed by atoms with Crippen molar-refractivity contribution in [3.8, 4) is 0 Å². The van der Waals surface area contributed by atoms with Gasteiger partial charge in [-0.2, -0.15) is 0 Å². The van der Waals surface area contributed by atoms with Crippen molar-refractivity contribution < 1.29 is 4.79 Å². The highest BCUT2D eigenvalue weighted by Crippen LogP contribution is 2.25. The summed E-state index contributed by atoms with van der Waals surface area (Å²) < 4.78 is 0. The number of hydrogen-bond acceptors (Lipinski definition) is 3. The van der Waals surface area contributed by atoms with Gasteiger partial charge in [0.05, 0.1) is 5.25 Å². The number of rotatable bonds is 1. The molecule has 0 spiro atoms. The molecular weight excluding hydrogens is 184 g/mol. The quantitative estimate of drug-likeness (QED) is 0.663. The number of thioether (sulfide) groups is 1. The van der Waals surface area contributed by atoms with Gasteiger partial charge in [0, 0.05) is 26.2 Å². The van der Waals surface area contributed by atoms with Crippen LogP contribution >= 0.6 is 11.8 Å². The fraction of sp³-hybridized carbons (Fsp3) is 0.667. The largest absolute Gasteiger partial charge is 0.339 e. The molecular formula is C9H14N2OS. The van der Waals surface area contributed by atoms with Crippen LogP contribution in [-0.4, -0.2) is 42.2 Å². The lowest BCUT2D eigenvalue weighted by atomic mass is 10.2. The minimum atomic E-state index is 0.165. The Kier molecular flexibility index (Phi) is 2.90. The third-order valence-corrected chi connectivity index (χ3v) is 3.47. The van der Waals surface area contributed by atoms with E-state index >= 15 is 0 Å². The summed E-state index contributed by atoms with van der Waals surface area (Å²) in [5, 5.41) is 5.44. The summed E-state index contributed by atoms with van der Waals surface area (Å²) in [5.41, 5.74) is 0. The smallest absolute Gasteiger partial charge is 0.236 e. The molecule has 0 aromatic rings. The number of carbonyl (C=O) groups is 1. The van der Waals surface area contributed by atoms with Gasteiger partial charge < -0.3 is 10.2 Å². The average Bonchev–Trinajstić information content (AvgIpc) is 2.71. The number of piperazine rings is 1. The van der Waals surface area contributed by atoms with Crippen LogP contribution in [0.1, 0.15) is 6.42 Å². The fourth-order valence-electron chi connectivity index (χ4n) is 1.63. The molecule has 2 heterocycles. The van der Waals surface area contributed by atoms with Gasteiger partial charge in [-0.3, -0.25) is 4.79 Å². The number of nitrogens with one attached hydrogen (secondary N) is 1. The van der Waals surface area contributed by atoms with Crippen molar-refractivity contribution in [3.63, 3.8) is 0 Å². The molecule has 0 aromatic heterocycles. The fourth-order valence-corrected chi connectivity index (χ4v) is 2.53. The minimum Gasteiger partial charge on any atom is -0.339 e. The maximum atomic E-state index is 11.8. The van der Waals surface area contributed by atoms with Gasteiger partial charge in [0.1, 0.15) is 0 Å². The van der Waals surface area contributed by atoms with E-state index in [1.165, 1.54) is 0 Å². The highest BCUT2D eigenvalue weighted by molar-refractivity contribution is 8.03. The minimum absolute atomic E-state index is 0.165. The molecule has 1 fully saturated rings. The second kappa shape index (κ2) is 4.15. The second-order valence-corrected chi connectivity index (χ2v) is 4.42. The van der Waals surface area contributed by atoms with E-state index in [4.69, 9.17) is 0 Å². The molecule has 0 aromatic carbocycles. The van der Waals surface area contributed by atoms with Crippen LogP contribution in [0.2, 0.25) is 0 Å². The lowest BCUT2D eigenvalue weighted by molar-refractivity contribution is -0.131. The van der Waals surface area contributed by atoms with E-state index in [9.17, 15) is 4.79 Å². The molecule has 13 heavy (non-hydrogen) atoms. The summed E-state index contributed by atoms with van der Waals surface area (Å²) >= 11 is 1.65. The van der Waals surface area contributed by atoms with Gasteiger partial charge in [-0.05, 0) is 11.8 Å². The van der Waals surface area contributed by atoms with E-state index in [-0.39, 0.29) is 5.25 Å². The van der Waals surface area contributed by atoms with Crippen molar-refractivity contribution >= 4 is 17.7 Å². The Morgan fingerprint density at radius 1 is 1.46 bits per heavy atom. The van der Waals surface area contributed by atoms with Gasteiger partial charge >= 0.3 is 0 Å². The van der Waals surface area contributed by atoms with E-state index in [2.05, 4.69) is 11.4 Å². The topological polar surface area (TPSA) is 32.3 Å². The number of allylic oxidation sites excluding steroid dienone is 1. The Morgan fingerprint density at radius 2 is 2.23 bits per heavy atom. The van der Waals surface area contributed by atoms with Crippen molar-refractivity contribution in [2.75, 3.05) is 26.2 Å².